The van der Waals surface area contributed by atoms with Crippen LogP contribution >= 0.6 is 0 Å². The highest BCUT2D eigenvalue weighted by atomic mass is 16.5. The molecule has 6 nitrogen and oxygen atoms in total. The average Bonchev–Trinajstić information content (AvgIpc) is 2.65. The van der Waals surface area contributed by atoms with Crippen molar-refractivity contribution in [3.05, 3.63) is 65.7 Å². The molecule has 0 bridgehead atoms. The summed E-state index contributed by atoms with van der Waals surface area (Å²) in [6.45, 7) is 1.87. The number of hydrogen-bond donors (Lipinski definition) is 1. The summed E-state index contributed by atoms with van der Waals surface area (Å²) in [5.74, 6) is -1.55. The molecule has 1 unspecified atom stereocenters. The van der Waals surface area contributed by atoms with Gasteiger partial charge in [-0.2, -0.15) is 0 Å². The maximum atomic E-state index is 12.8. The molecular weight excluding hydrogens is 331 g/mol. The van der Waals surface area contributed by atoms with Gasteiger partial charge in [-0.3, -0.25) is 9.59 Å². The molecule has 2 amide bonds. The van der Waals surface area contributed by atoms with Gasteiger partial charge in [0, 0.05) is 5.69 Å². The normalized spacial score (nSPS) is 11.3. The molecule has 2 aromatic rings. The molecule has 7 heteroatoms. The Morgan fingerprint density at radius 3 is 2.23 bits per heavy atom. The second kappa shape index (κ2) is 8.85. The number of benzene rings is 2. The lowest BCUT2D eigenvalue weighted by atomic mass is 10.1. The standard InChI is InChI=1S/C19H19BN2O4/c1-13(21-19(20)25)17(23)22(12-14-6-4-3-5-7-14)16-10-8-15(9-11-16)18(24)26-2/h3-11,13H,12H2,1-2H3,(H,21,25). The number of anilines is 1. The molecule has 2 radical (unpaired) electrons. The van der Waals surface area contributed by atoms with Gasteiger partial charge in [0.1, 0.15) is 6.04 Å². The van der Waals surface area contributed by atoms with Crippen molar-refractivity contribution < 1.29 is 19.1 Å². The summed E-state index contributed by atoms with van der Waals surface area (Å²) in [6.07, 6.45) is 0. The molecule has 0 aliphatic carbocycles. The largest absolute Gasteiger partial charge is 0.465 e. The first-order chi connectivity index (χ1) is 12.4. The number of amides is 2. The summed E-state index contributed by atoms with van der Waals surface area (Å²) in [5.41, 5.74) is 1.89. The van der Waals surface area contributed by atoms with Gasteiger partial charge in [0.2, 0.25) is 13.8 Å². The number of nitrogens with one attached hydrogen (secondary N) is 1. The number of carbonyl (C=O) groups excluding carboxylic acids is 3. The predicted molar refractivity (Wildman–Crippen MR) is 99.2 cm³/mol. The maximum Gasteiger partial charge on any atom is 0.337 e. The van der Waals surface area contributed by atoms with Crippen LogP contribution in [0.25, 0.3) is 0 Å². The molecule has 132 valence electrons. The van der Waals surface area contributed by atoms with Crippen molar-refractivity contribution >= 4 is 31.2 Å². The van der Waals surface area contributed by atoms with E-state index >= 15 is 0 Å². The van der Waals surface area contributed by atoms with Crippen molar-refractivity contribution in [2.75, 3.05) is 12.0 Å². The van der Waals surface area contributed by atoms with Gasteiger partial charge in [0.05, 0.1) is 19.2 Å². The van der Waals surface area contributed by atoms with Gasteiger partial charge in [-0.1, -0.05) is 30.3 Å². The Balaban J connectivity index is 2.31. The van der Waals surface area contributed by atoms with E-state index in [1.165, 1.54) is 12.0 Å². The molecule has 0 aliphatic rings. The summed E-state index contributed by atoms with van der Waals surface area (Å²) in [4.78, 5) is 37.0. The van der Waals surface area contributed by atoms with E-state index in [1.54, 1.807) is 31.2 Å². The van der Waals surface area contributed by atoms with Crippen molar-refractivity contribution in [3.8, 4) is 0 Å². The lowest BCUT2D eigenvalue weighted by molar-refractivity contribution is -0.120. The first-order valence-corrected chi connectivity index (χ1v) is 8.02. The molecule has 0 aromatic heterocycles. The van der Waals surface area contributed by atoms with Gasteiger partial charge in [0.15, 0.2) is 5.81 Å². The van der Waals surface area contributed by atoms with Gasteiger partial charge in [-0.25, -0.2) is 4.79 Å². The smallest absolute Gasteiger partial charge is 0.337 e. The molecule has 0 spiro atoms. The molecule has 0 fully saturated rings. The van der Waals surface area contributed by atoms with Gasteiger partial charge in [-0.05, 0) is 36.8 Å². The van der Waals surface area contributed by atoms with Gasteiger partial charge in [-0.15, -0.1) is 0 Å². The highest BCUT2D eigenvalue weighted by Crippen LogP contribution is 2.20. The number of hydrogen-bond acceptors (Lipinski definition) is 4. The summed E-state index contributed by atoms with van der Waals surface area (Å²) in [6, 6.07) is 15.1. The molecular formula is C19H19BN2O4. The minimum absolute atomic E-state index is 0.308. The third kappa shape index (κ3) is 4.96. The summed E-state index contributed by atoms with van der Waals surface area (Å²) in [7, 11) is 6.42. The number of esters is 1. The number of nitrogens with zero attached hydrogens (tertiary/aromatic N) is 1. The lowest BCUT2D eigenvalue weighted by Gasteiger charge is -2.26. The molecule has 2 aromatic carbocycles. The van der Waals surface area contributed by atoms with Crippen LogP contribution in [0, 0.1) is 0 Å². The van der Waals surface area contributed by atoms with Crippen molar-refractivity contribution in [1.29, 1.82) is 0 Å². The summed E-state index contributed by atoms with van der Waals surface area (Å²) >= 11 is 0. The van der Waals surface area contributed by atoms with E-state index in [0.717, 1.165) is 5.56 Å². The zero-order valence-corrected chi connectivity index (χ0v) is 14.6. The fourth-order valence-corrected chi connectivity index (χ4v) is 2.47. The molecule has 26 heavy (non-hydrogen) atoms. The van der Waals surface area contributed by atoms with E-state index in [0.29, 0.717) is 17.8 Å². The van der Waals surface area contributed by atoms with Crippen molar-refractivity contribution in [1.82, 2.24) is 5.32 Å². The Bertz CT molecular complexity index is 778. The van der Waals surface area contributed by atoms with Crippen LogP contribution in [-0.4, -0.2) is 38.7 Å². The van der Waals surface area contributed by atoms with Crippen LogP contribution in [0.3, 0.4) is 0 Å². The van der Waals surface area contributed by atoms with E-state index in [2.05, 4.69) is 10.1 Å². The molecule has 0 saturated heterocycles. The lowest BCUT2D eigenvalue weighted by Crippen LogP contribution is -2.46. The van der Waals surface area contributed by atoms with Crippen molar-refractivity contribution in [2.45, 2.75) is 19.5 Å². The zero-order chi connectivity index (χ0) is 19.1. The Morgan fingerprint density at radius 1 is 1.08 bits per heavy atom. The molecule has 1 atom stereocenters. The van der Waals surface area contributed by atoms with Crippen LogP contribution in [0.15, 0.2) is 54.6 Å². The Morgan fingerprint density at radius 2 is 1.69 bits per heavy atom. The highest BCUT2D eigenvalue weighted by molar-refractivity contribution is 6.57. The molecule has 0 aliphatic heterocycles. The minimum atomic E-state index is -0.795. The van der Waals surface area contributed by atoms with E-state index in [9.17, 15) is 14.4 Å². The summed E-state index contributed by atoms with van der Waals surface area (Å²) in [5, 5.41) is 2.39. The Hall–Kier alpha value is -3.09. The quantitative estimate of drug-likeness (QED) is 0.641. The molecule has 0 heterocycles. The van der Waals surface area contributed by atoms with E-state index in [1.807, 2.05) is 30.3 Å². The van der Waals surface area contributed by atoms with Crippen molar-refractivity contribution in [2.24, 2.45) is 0 Å². The monoisotopic (exact) mass is 350 g/mol. The second-order valence-corrected chi connectivity index (χ2v) is 5.68. The van der Waals surface area contributed by atoms with Gasteiger partial charge < -0.3 is 15.0 Å². The fraction of sp³-hybridized carbons (Fsp3) is 0.211. The van der Waals surface area contributed by atoms with Gasteiger partial charge in [0.25, 0.3) is 0 Å². The van der Waals surface area contributed by atoms with Crippen LogP contribution in [0.1, 0.15) is 22.8 Å². The second-order valence-electron chi connectivity index (χ2n) is 5.68. The fourth-order valence-electron chi connectivity index (χ4n) is 2.47. The van der Waals surface area contributed by atoms with E-state index < -0.39 is 17.8 Å². The third-order valence-corrected chi connectivity index (χ3v) is 3.78. The summed E-state index contributed by atoms with van der Waals surface area (Å²) < 4.78 is 4.68. The maximum absolute atomic E-state index is 12.8. The molecule has 0 saturated carbocycles. The van der Waals surface area contributed by atoms with Crippen LogP contribution in [0.5, 0.6) is 0 Å². The number of carbonyl (C=O) groups is 3. The first-order valence-electron chi connectivity index (χ1n) is 8.02. The minimum Gasteiger partial charge on any atom is -0.465 e. The molecule has 1 N–H and O–H groups in total. The number of methoxy groups -OCH3 is 1. The number of rotatable bonds is 6. The van der Waals surface area contributed by atoms with Gasteiger partial charge >= 0.3 is 5.97 Å². The van der Waals surface area contributed by atoms with E-state index in [4.69, 9.17) is 7.85 Å². The Labute approximate surface area is 153 Å². The average molecular weight is 350 g/mol. The first kappa shape index (κ1) is 19.2. The van der Waals surface area contributed by atoms with Crippen LogP contribution in [-0.2, 0) is 16.1 Å². The molecule has 2 rings (SSSR count). The van der Waals surface area contributed by atoms with Crippen LogP contribution in [0.4, 0.5) is 10.5 Å². The topological polar surface area (TPSA) is 75.7 Å². The highest BCUT2D eigenvalue weighted by Gasteiger charge is 2.23. The third-order valence-electron chi connectivity index (χ3n) is 3.78. The van der Waals surface area contributed by atoms with Crippen LogP contribution in [0.2, 0.25) is 0 Å². The predicted octanol–water partition coefficient (Wildman–Crippen LogP) is 2.27. The Kier molecular flexibility index (Phi) is 6.55. The SMILES string of the molecule is [B]C(=O)NC(C)C(=O)N(Cc1ccccc1)c1ccc(C(=O)OC)cc1. The van der Waals surface area contributed by atoms with Crippen molar-refractivity contribution in [3.63, 3.8) is 0 Å². The number of ether oxygens (including phenoxy) is 1. The van der Waals surface area contributed by atoms with E-state index in [-0.39, 0.29) is 5.91 Å². The zero-order valence-electron chi connectivity index (χ0n) is 14.6. The van der Waals surface area contributed by atoms with Crippen LogP contribution < -0.4 is 10.2 Å².